The Hall–Kier alpha value is -3.12. The molecule has 6 nitrogen and oxygen atoms in total. The number of hydrogen-bond acceptors (Lipinski definition) is 4. The lowest BCUT2D eigenvalue weighted by Crippen LogP contribution is -2.31. The fourth-order valence-corrected chi connectivity index (χ4v) is 3.74. The number of nitrogens with zero attached hydrogens (tertiary/aromatic N) is 2. The van der Waals surface area contributed by atoms with Crippen LogP contribution in [0.25, 0.3) is 11.3 Å². The molecule has 0 saturated carbocycles. The van der Waals surface area contributed by atoms with Crippen LogP contribution in [-0.4, -0.2) is 47.7 Å². The standard InChI is InChI=1S/C23H26N4O2/c1-29-20-9-7-19(8-10-20)21-13-22(26-25-21)23(28)24-14-18-11-12-27(16-18)15-17-5-3-2-4-6-17/h2-10,13,18H,11-12,14-16H2,1H3,(H,24,28)(H,25,26). The van der Waals surface area contributed by atoms with Gasteiger partial charge in [-0.05, 0) is 54.8 Å². The zero-order valence-electron chi connectivity index (χ0n) is 16.6. The first-order valence-electron chi connectivity index (χ1n) is 9.95. The molecule has 1 aliphatic heterocycles. The second-order valence-corrected chi connectivity index (χ2v) is 7.48. The average molecular weight is 390 g/mol. The summed E-state index contributed by atoms with van der Waals surface area (Å²) in [5.74, 6) is 1.16. The Kier molecular flexibility index (Phi) is 5.91. The molecule has 1 fully saturated rings. The molecule has 1 amide bonds. The highest BCUT2D eigenvalue weighted by atomic mass is 16.5. The average Bonchev–Trinajstić information content (AvgIpc) is 3.43. The zero-order chi connectivity index (χ0) is 20.1. The maximum Gasteiger partial charge on any atom is 0.269 e. The maximum absolute atomic E-state index is 12.5. The quantitative estimate of drug-likeness (QED) is 0.649. The summed E-state index contributed by atoms with van der Waals surface area (Å²) in [6, 6.07) is 19.9. The second-order valence-electron chi connectivity index (χ2n) is 7.48. The highest BCUT2D eigenvalue weighted by Gasteiger charge is 2.23. The molecule has 150 valence electrons. The lowest BCUT2D eigenvalue weighted by molar-refractivity contribution is 0.0942. The van der Waals surface area contributed by atoms with Crippen molar-refractivity contribution in [2.75, 3.05) is 26.7 Å². The number of rotatable bonds is 7. The molecule has 1 aliphatic rings. The number of aromatic nitrogens is 2. The summed E-state index contributed by atoms with van der Waals surface area (Å²) in [6.07, 6.45) is 1.10. The van der Waals surface area contributed by atoms with E-state index < -0.39 is 0 Å². The smallest absolute Gasteiger partial charge is 0.269 e. The monoisotopic (exact) mass is 390 g/mol. The molecule has 2 N–H and O–H groups in total. The number of benzene rings is 2. The van der Waals surface area contributed by atoms with Gasteiger partial charge in [-0.1, -0.05) is 30.3 Å². The summed E-state index contributed by atoms with van der Waals surface area (Å²) in [5, 5.41) is 10.2. The number of amides is 1. The summed E-state index contributed by atoms with van der Waals surface area (Å²) in [6.45, 7) is 3.73. The van der Waals surface area contributed by atoms with Crippen molar-refractivity contribution in [2.24, 2.45) is 5.92 Å². The highest BCUT2D eigenvalue weighted by Crippen LogP contribution is 2.21. The van der Waals surface area contributed by atoms with Crippen LogP contribution in [0.2, 0.25) is 0 Å². The first-order chi connectivity index (χ1) is 14.2. The summed E-state index contributed by atoms with van der Waals surface area (Å²) in [4.78, 5) is 15.0. The largest absolute Gasteiger partial charge is 0.497 e. The number of hydrogen-bond donors (Lipinski definition) is 2. The van der Waals surface area contributed by atoms with Gasteiger partial charge in [0.1, 0.15) is 11.4 Å². The predicted molar refractivity (Wildman–Crippen MR) is 113 cm³/mol. The Bertz CT molecular complexity index is 937. The lowest BCUT2D eigenvalue weighted by Gasteiger charge is -2.16. The minimum absolute atomic E-state index is 0.112. The van der Waals surface area contributed by atoms with Gasteiger partial charge < -0.3 is 10.1 Å². The molecule has 1 atom stereocenters. The molecule has 0 spiro atoms. The number of aromatic amines is 1. The molecule has 0 bridgehead atoms. The molecule has 6 heteroatoms. The predicted octanol–water partition coefficient (Wildman–Crippen LogP) is 3.34. The fourth-order valence-electron chi connectivity index (χ4n) is 3.74. The van der Waals surface area contributed by atoms with Crippen molar-refractivity contribution in [2.45, 2.75) is 13.0 Å². The topological polar surface area (TPSA) is 70.2 Å². The summed E-state index contributed by atoms with van der Waals surface area (Å²) < 4.78 is 5.17. The first-order valence-corrected chi connectivity index (χ1v) is 9.95. The number of methoxy groups -OCH3 is 1. The van der Waals surface area contributed by atoms with Crippen molar-refractivity contribution in [1.82, 2.24) is 20.4 Å². The normalized spacial score (nSPS) is 16.7. The molecule has 1 aromatic heterocycles. The second kappa shape index (κ2) is 8.92. The van der Waals surface area contributed by atoms with E-state index in [9.17, 15) is 4.79 Å². The molecule has 2 heterocycles. The van der Waals surface area contributed by atoms with Gasteiger partial charge in [-0.25, -0.2) is 0 Å². The van der Waals surface area contributed by atoms with E-state index in [1.807, 2.05) is 30.3 Å². The van der Waals surface area contributed by atoms with Crippen molar-refractivity contribution in [1.29, 1.82) is 0 Å². The van der Waals surface area contributed by atoms with Crippen molar-refractivity contribution < 1.29 is 9.53 Å². The van der Waals surface area contributed by atoms with Gasteiger partial charge in [-0.15, -0.1) is 0 Å². The van der Waals surface area contributed by atoms with Crippen molar-refractivity contribution in [3.63, 3.8) is 0 Å². The third-order valence-electron chi connectivity index (χ3n) is 5.38. The van der Waals surface area contributed by atoms with E-state index in [0.717, 1.165) is 43.1 Å². The van der Waals surface area contributed by atoms with Crippen LogP contribution >= 0.6 is 0 Å². The van der Waals surface area contributed by atoms with Crippen LogP contribution in [0.15, 0.2) is 60.7 Å². The van der Waals surface area contributed by atoms with E-state index in [4.69, 9.17) is 4.74 Å². The van der Waals surface area contributed by atoms with Crippen LogP contribution < -0.4 is 10.1 Å². The third-order valence-corrected chi connectivity index (χ3v) is 5.38. The minimum atomic E-state index is -0.112. The van der Waals surface area contributed by atoms with Gasteiger partial charge in [0.25, 0.3) is 5.91 Å². The van der Waals surface area contributed by atoms with Crippen LogP contribution in [-0.2, 0) is 6.54 Å². The lowest BCUT2D eigenvalue weighted by atomic mass is 10.1. The summed E-state index contributed by atoms with van der Waals surface area (Å²) in [5.41, 5.74) is 3.50. The Morgan fingerprint density at radius 3 is 2.76 bits per heavy atom. The number of carbonyl (C=O) groups is 1. The van der Waals surface area contributed by atoms with Gasteiger partial charge >= 0.3 is 0 Å². The van der Waals surface area contributed by atoms with E-state index in [1.165, 1.54) is 5.56 Å². The van der Waals surface area contributed by atoms with E-state index in [2.05, 4.69) is 44.7 Å². The van der Waals surface area contributed by atoms with Gasteiger partial charge in [0.2, 0.25) is 0 Å². The molecule has 1 saturated heterocycles. The van der Waals surface area contributed by atoms with Crippen molar-refractivity contribution in [3.8, 4) is 17.0 Å². The van der Waals surface area contributed by atoms with Gasteiger partial charge in [-0.2, -0.15) is 5.10 Å². The molecule has 29 heavy (non-hydrogen) atoms. The zero-order valence-corrected chi connectivity index (χ0v) is 16.6. The van der Waals surface area contributed by atoms with E-state index >= 15 is 0 Å². The molecular weight excluding hydrogens is 364 g/mol. The van der Waals surface area contributed by atoms with Crippen molar-refractivity contribution in [3.05, 3.63) is 71.9 Å². The number of ether oxygens (including phenoxy) is 1. The molecule has 4 rings (SSSR count). The number of likely N-dealkylation sites (tertiary alicyclic amines) is 1. The molecule has 0 aliphatic carbocycles. The number of carbonyl (C=O) groups excluding carboxylic acids is 1. The van der Waals surface area contributed by atoms with Crippen LogP contribution in [0.4, 0.5) is 0 Å². The van der Waals surface area contributed by atoms with Crippen LogP contribution in [0.3, 0.4) is 0 Å². The Morgan fingerprint density at radius 2 is 2.00 bits per heavy atom. The summed E-state index contributed by atoms with van der Waals surface area (Å²) >= 11 is 0. The fraction of sp³-hybridized carbons (Fsp3) is 0.304. The maximum atomic E-state index is 12.5. The van der Waals surface area contributed by atoms with E-state index in [-0.39, 0.29) is 5.91 Å². The Labute approximate surface area is 170 Å². The molecular formula is C23H26N4O2. The van der Waals surface area contributed by atoms with Gasteiger partial charge in [0.15, 0.2) is 0 Å². The van der Waals surface area contributed by atoms with E-state index in [1.54, 1.807) is 13.2 Å². The Morgan fingerprint density at radius 1 is 1.21 bits per heavy atom. The van der Waals surface area contributed by atoms with Crippen molar-refractivity contribution >= 4 is 5.91 Å². The van der Waals surface area contributed by atoms with Gasteiger partial charge in [0.05, 0.1) is 12.8 Å². The number of H-pyrrole nitrogens is 1. The van der Waals surface area contributed by atoms with Crippen LogP contribution in [0, 0.1) is 5.92 Å². The minimum Gasteiger partial charge on any atom is -0.497 e. The summed E-state index contributed by atoms with van der Waals surface area (Å²) in [7, 11) is 1.64. The molecule has 1 unspecified atom stereocenters. The van der Waals surface area contributed by atoms with Crippen LogP contribution in [0.1, 0.15) is 22.5 Å². The van der Waals surface area contributed by atoms with E-state index in [0.29, 0.717) is 18.2 Å². The Balaban J connectivity index is 1.27. The first kappa shape index (κ1) is 19.2. The van der Waals surface area contributed by atoms with Gasteiger partial charge in [0, 0.05) is 25.2 Å². The van der Waals surface area contributed by atoms with Crippen LogP contribution in [0.5, 0.6) is 5.75 Å². The van der Waals surface area contributed by atoms with Gasteiger partial charge in [-0.3, -0.25) is 14.8 Å². The SMILES string of the molecule is COc1ccc(-c2cc(C(=O)NCC3CCN(Cc4ccccc4)C3)[nH]n2)cc1. The molecule has 2 aromatic carbocycles. The molecule has 0 radical (unpaired) electrons. The third kappa shape index (κ3) is 4.84. The molecule has 3 aromatic rings. The number of nitrogens with one attached hydrogen (secondary N) is 2. The highest BCUT2D eigenvalue weighted by molar-refractivity contribution is 5.93.